The number of carbonyl (C=O) groups is 1. The molecule has 2 aliphatic rings. The average Bonchev–Trinajstić information content (AvgIpc) is 2.60. The molecule has 6 heteroatoms. The second-order valence-corrected chi connectivity index (χ2v) is 7.77. The monoisotopic (exact) mass is 364 g/mol. The zero-order valence-corrected chi connectivity index (χ0v) is 15.8. The van der Waals surface area contributed by atoms with E-state index in [4.69, 9.17) is 0 Å². The smallest absolute Gasteiger partial charge is 0.257 e. The molecule has 0 spiro atoms. The lowest BCUT2D eigenvalue weighted by Gasteiger charge is -2.34. The number of aliphatic imine (C=N–C) groups is 1. The number of carbonyl (C=O) groups excluding carboxylic acids is 1. The van der Waals surface area contributed by atoms with Gasteiger partial charge in [0, 0.05) is 17.7 Å². The van der Waals surface area contributed by atoms with Crippen LogP contribution in [0.4, 0.5) is 0 Å². The van der Waals surface area contributed by atoms with Gasteiger partial charge in [0.05, 0.1) is 22.8 Å². The van der Waals surface area contributed by atoms with Crippen molar-refractivity contribution in [2.45, 2.75) is 44.8 Å². The van der Waals surface area contributed by atoms with Crippen LogP contribution in [0.5, 0.6) is 0 Å². The van der Waals surface area contributed by atoms with E-state index in [2.05, 4.69) is 21.7 Å². The second-order valence-electron chi connectivity index (χ2n) is 7.77. The van der Waals surface area contributed by atoms with Crippen LogP contribution in [-0.4, -0.2) is 34.7 Å². The molecular formula is C21H24N4O2. The summed E-state index contributed by atoms with van der Waals surface area (Å²) < 4.78 is 0. The van der Waals surface area contributed by atoms with Crippen LogP contribution in [0.25, 0.3) is 5.57 Å². The summed E-state index contributed by atoms with van der Waals surface area (Å²) in [6.07, 6.45) is 2.74. The van der Waals surface area contributed by atoms with Crippen molar-refractivity contribution in [3.05, 3.63) is 53.1 Å². The molecule has 1 heterocycles. The molecule has 27 heavy (non-hydrogen) atoms. The Balaban J connectivity index is 2.05. The van der Waals surface area contributed by atoms with Gasteiger partial charge >= 0.3 is 0 Å². The van der Waals surface area contributed by atoms with Crippen molar-refractivity contribution in [2.24, 2.45) is 4.99 Å². The predicted molar refractivity (Wildman–Crippen MR) is 105 cm³/mol. The van der Waals surface area contributed by atoms with Crippen LogP contribution in [-0.2, 0) is 4.79 Å². The number of benzene rings is 1. The highest BCUT2D eigenvalue weighted by Gasteiger charge is 2.38. The highest BCUT2D eigenvalue weighted by Crippen LogP contribution is 2.38. The molecule has 3 N–H and O–H groups in total. The van der Waals surface area contributed by atoms with Gasteiger partial charge in [0.1, 0.15) is 0 Å². The molecule has 0 bridgehead atoms. The number of amides is 1. The third kappa shape index (κ3) is 3.93. The van der Waals surface area contributed by atoms with Gasteiger partial charge in [-0.15, -0.1) is 0 Å². The van der Waals surface area contributed by atoms with E-state index >= 15 is 0 Å². The Labute approximate surface area is 159 Å². The maximum absolute atomic E-state index is 13.2. The van der Waals surface area contributed by atoms with Crippen LogP contribution in [0.1, 0.15) is 39.2 Å². The van der Waals surface area contributed by atoms with Gasteiger partial charge in [-0.2, -0.15) is 5.26 Å². The summed E-state index contributed by atoms with van der Waals surface area (Å²) >= 11 is 0. The quantitative estimate of drug-likeness (QED) is 0.750. The van der Waals surface area contributed by atoms with Gasteiger partial charge in [0.2, 0.25) is 0 Å². The van der Waals surface area contributed by atoms with E-state index < -0.39 is 11.5 Å². The topological polar surface area (TPSA) is 97.5 Å². The van der Waals surface area contributed by atoms with Crippen LogP contribution in [0, 0.1) is 11.3 Å². The number of hydrogen-bond acceptors (Lipinski definition) is 5. The molecule has 0 radical (unpaired) electrons. The van der Waals surface area contributed by atoms with Crippen molar-refractivity contribution in [3.8, 4) is 6.07 Å². The summed E-state index contributed by atoms with van der Waals surface area (Å²) in [4.78, 5) is 17.5. The van der Waals surface area contributed by atoms with Crippen LogP contribution < -0.4 is 10.6 Å². The lowest BCUT2D eigenvalue weighted by atomic mass is 9.78. The third-order valence-electron chi connectivity index (χ3n) is 4.87. The first kappa shape index (κ1) is 18.9. The van der Waals surface area contributed by atoms with E-state index in [1.54, 1.807) is 13.0 Å². The van der Waals surface area contributed by atoms with Crippen molar-refractivity contribution in [1.82, 2.24) is 10.6 Å². The minimum atomic E-state index is -1.39. The van der Waals surface area contributed by atoms with Gasteiger partial charge in [0.15, 0.2) is 5.96 Å². The van der Waals surface area contributed by atoms with Gasteiger partial charge in [-0.1, -0.05) is 36.4 Å². The molecule has 0 fully saturated rings. The summed E-state index contributed by atoms with van der Waals surface area (Å²) in [5.74, 6) is -0.0660. The van der Waals surface area contributed by atoms with Crippen LogP contribution in [0.3, 0.4) is 0 Å². The Hall–Kier alpha value is -2.91. The summed E-state index contributed by atoms with van der Waals surface area (Å²) in [6, 6.07) is 11.4. The molecule has 1 amide bonds. The molecule has 0 aromatic heterocycles. The van der Waals surface area contributed by atoms with Crippen LogP contribution >= 0.6 is 0 Å². The molecule has 3 rings (SSSR count). The fourth-order valence-electron chi connectivity index (χ4n) is 3.38. The van der Waals surface area contributed by atoms with Crippen molar-refractivity contribution < 1.29 is 9.90 Å². The third-order valence-corrected chi connectivity index (χ3v) is 4.87. The molecule has 1 aliphatic carbocycles. The molecule has 140 valence electrons. The molecule has 1 aromatic carbocycles. The van der Waals surface area contributed by atoms with E-state index in [9.17, 15) is 15.2 Å². The minimum absolute atomic E-state index is 0.173. The Morgan fingerprint density at radius 1 is 1.30 bits per heavy atom. The molecule has 6 nitrogen and oxygen atoms in total. The number of rotatable bonds is 2. The molecule has 0 saturated carbocycles. The number of hydrogen-bond donors (Lipinski definition) is 3. The Kier molecular flexibility index (Phi) is 4.90. The molecule has 1 aromatic rings. The first-order valence-electron chi connectivity index (χ1n) is 9.01. The van der Waals surface area contributed by atoms with Gasteiger partial charge in [-0.05, 0) is 39.2 Å². The summed E-state index contributed by atoms with van der Waals surface area (Å²) in [5, 5.41) is 26.5. The molecule has 1 aliphatic heterocycles. The van der Waals surface area contributed by atoms with E-state index in [-0.39, 0.29) is 17.5 Å². The molecule has 0 saturated heterocycles. The van der Waals surface area contributed by atoms with E-state index in [1.807, 2.05) is 44.2 Å². The average molecular weight is 364 g/mol. The maximum atomic E-state index is 13.2. The zero-order valence-electron chi connectivity index (χ0n) is 15.8. The normalized spacial score (nSPS) is 24.3. The van der Waals surface area contributed by atoms with E-state index in [0.29, 0.717) is 29.2 Å². The SMILES string of the molecule is CC1(C)CCN=C(NC(=O)C2=C(c3ccccc3)C(C#N)=CCC2(C)O)N1. The Bertz CT molecular complexity index is 887. The predicted octanol–water partition coefficient (Wildman–Crippen LogP) is 2.29. The highest BCUT2D eigenvalue weighted by molar-refractivity contribution is 6.13. The van der Waals surface area contributed by atoms with Crippen molar-refractivity contribution >= 4 is 17.4 Å². The number of guanidine groups is 1. The Morgan fingerprint density at radius 2 is 2.00 bits per heavy atom. The van der Waals surface area contributed by atoms with Gasteiger partial charge < -0.3 is 10.4 Å². The fraction of sp³-hybridized carbons (Fsp3) is 0.381. The van der Waals surface area contributed by atoms with Gasteiger partial charge in [0.25, 0.3) is 5.91 Å². The van der Waals surface area contributed by atoms with E-state index in [1.165, 1.54) is 0 Å². The minimum Gasteiger partial charge on any atom is -0.385 e. The van der Waals surface area contributed by atoms with Crippen molar-refractivity contribution in [3.63, 3.8) is 0 Å². The summed E-state index contributed by atoms with van der Waals surface area (Å²) in [7, 11) is 0. The summed E-state index contributed by atoms with van der Waals surface area (Å²) in [5.41, 5.74) is 0.183. The number of aliphatic hydroxyl groups is 1. The Morgan fingerprint density at radius 3 is 2.63 bits per heavy atom. The fourth-order valence-corrected chi connectivity index (χ4v) is 3.38. The number of nitrogens with zero attached hydrogens (tertiary/aromatic N) is 2. The van der Waals surface area contributed by atoms with Crippen LogP contribution in [0.2, 0.25) is 0 Å². The number of allylic oxidation sites excluding steroid dienone is 2. The number of nitrogens with one attached hydrogen (secondary N) is 2. The maximum Gasteiger partial charge on any atom is 0.257 e. The highest BCUT2D eigenvalue weighted by atomic mass is 16.3. The number of nitriles is 1. The lowest BCUT2D eigenvalue weighted by Crippen LogP contribution is -2.55. The van der Waals surface area contributed by atoms with Crippen molar-refractivity contribution in [1.29, 1.82) is 5.26 Å². The first-order valence-corrected chi connectivity index (χ1v) is 9.01. The molecular weight excluding hydrogens is 340 g/mol. The summed E-state index contributed by atoms with van der Waals surface area (Å²) in [6.45, 7) is 6.28. The molecule has 1 unspecified atom stereocenters. The largest absolute Gasteiger partial charge is 0.385 e. The standard InChI is InChI=1S/C21H24N4O2/c1-20(2)11-12-23-19(25-20)24-18(26)17-16(14-7-5-4-6-8-14)15(13-22)9-10-21(17,3)27/h4-9,27H,10-12H2,1-3H3,(H2,23,24,25,26). The lowest BCUT2D eigenvalue weighted by molar-refractivity contribution is -0.118. The zero-order chi connectivity index (χ0) is 19.7. The van der Waals surface area contributed by atoms with Gasteiger partial charge in [-0.25, -0.2) is 0 Å². The van der Waals surface area contributed by atoms with E-state index in [0.717, 1.165) is 6.42 Å². The van der Waals surface area contributed by atoms with Crippen molar-refractivity contribution in [2.75, 3.05) is 6.54 Å². The second kappa shape index (κ2) is 7.01. The first-order chi connectivity index (χ1) is 12.7. The molecule has 1 atom stereocenters. The van der Waals surface area contributed by atoms with Gasteiger partial charge in [-0.3, -0.25) is 15.1 Å². The van der Waals surface area contributed by atoms with Crippen LogP contribution in [0.15, 0.2) is 52.5 Å².